The van der Waals surface area contributed by atoms with Crippen molar-refractivity contribution in [2.45, 2.75) is 30.6 Å². The summed E-state index contributed by atoms with van der Waals surface area (Å²) in [6.45, 7) is 5.92. The summed E-state index contributed by atoms with van der Waals surface area (Å²) in [4.78, 5) is 25.3. The monoisotopic (exact) mass is 373 g/mol. The summed E-state index contributed by atoms with van der Waals surface area (Å²) >= 11 is 1.66. The van der Waals surface area contributed by atoms with Crippen molar-refractivity contribution in [3.05, 3.63) is 53.6 Å². The number of anilines is 1. The van der Waals surface area contributed by atoms with Crippen molar-refractivity contribution in [2.75, 3.05) is 25.1 Å². The van der Waals surface area contributed by atoms with E-state index in [9.17, 15) is 9.59 Å². The lowest BCUT2D eigenvalue weighted by molar-refractivity contribution is -0.151. The van der Waals surface area contributed by atoms with Gasteiger partial charge in [0.25, 0.3) is 5.91 Å². The zero-order valence-electron chi connectivity index (χ0n) is 15.2. The van der Waals surface area contributed by atoms with Gasteiger partial charge in [-0.1, -0.05) is 17.8 Å². The average Bonchev–Trinajstić information content (AvgIpc) is 2.63. The molecule has 0 atom stereocenters. The first-order chi connectivity index (χ1) is 12.5. The number of esters is 1. The zero-order chi connectivity index (χ0) is 18.9. The van der Waals surface area contributed by atoms with Gasteiger partial charge in [-0.15, -0.1) is 0 Å². The van der Waals surface area contributed by atoms with E-state index in [0.29, 0.717) is 12.3 Å². The molecule has 1 N–H and O–H groups in total. The highest BCUT2D eigenvalue weighted by Gasteiger charge is 2.08. The van der Waals surface area contributed by atoms with Crippen molar-refractivity contribution in [3.63, 3.8) is 0 Å². The highest BCUT2D eigenvalue weighted by Crippen LogP contribution is 2.29. The number of nitrogens with one attached hydrogen (secondary N) is 1. The zero-order valence-corrected chi connectivity index (χ0v) is 16.0. The first kappa shape index (κ1) is 20.0. The molecule has 0 radical (unpaired) electrons. The van der Waals surface area contributed by atoms with E-state index < -0.39 is 5.97 Å². The molecule has 2 aromatic rings. The third-order valence-corrected chi connectivity index (χ3v) is 4.64. The molecular weight excluding hydrogens is 350 g/mol. The molecule has 1 amide bonds. The van der Waals surface area contributed by atoms with E-state index in [-0.39, 0.29) is 19.1 Å². The van der Waals surface area contributed by atoms with Crippen LogP contribution in [0.2, 0.25) is 0 Å². The molecule has 0 aliphatic rings. The van der Waals surface area contributed by atoms with Gasteiger partial charge >= 0.3 is 5.97 Å². The van der Waals surface area contributed by atoms with Gasteiger partial charge in [-0.25, -0.2) is 4.79 Å². The van der Waals surface area contributed by atoms with E-state index in [1.807, 2.05) is 24.3 Å². The Kier molecular flexibility index (Phi) is 7.69. The van der Waals surface area contributed by atoms with Crippen LogP contribution in [0.15, 0.2) is 52.3 Å². The van der Waals surface area contributed by atoms with Crippen LogP contribution in [0.3, 0.4) is 0 Å². The molecular formula is C20H23NO4S. The Morgan fingerprint density at radius 3 is 2.31 bits per heavy atom. The van der Waals surface area contributed by atoms with Crippen molar-refractivity contribution in [2.24, 2.45) is 0 Å². The first-order valence-electron chi connectivity index (χ1n) is 8.36. The molecule has 0 saturated carbocycles. The first-order valence-corrected chi connectivity index (χ1v) is 9.18. The lowest BCUT2D eigenvalue weighted by atomic mass is 10.1. The Morgan fingerprint density at radius 1 is 0.962 bits per heavy atom. The number of amides is 1. The molecule has 2 aromatic carbocycles. The largest absolute Gasteiger partial charge is 0.454 e. The van der Waals surface area contributed by atoms with Crippen molar-refractivity contribution < 1.29 is 19.1 Å². The maximum Gasteiger partial charge on any atom is 0.332 e. The summed E-state index contributed by atoms with van der Waals surface area (Å²) in [5.41, 5.74) is 3.19. The van der Waals surface area contributed by atoms with E-state index in [1.54, 1.807) is 18.7 Å². The van der Waals surface area contributed by atoms with Crippen LogP contribution in [0, 0.1) is 13.8 Å². The molecule has 0 aliphatic heterocycles. The highest BCUT2D eigenvalue weighted by molar-refractivity contribution is 7.99. The molecule has 138 valence electrons. The fraction of sp³-hybridized carbons (Fsp3) is 0.300. The third-order valence-electron chi connectivity index (χ3n) is 3.64. The standard InChI is InChI=1S/C20H23NO4S/c1-4-24-13-20(23)25-12-19(22)21-16-6-9-17(10-7-16)26-18-8-5-14(2)15(3)11-18/h5-11H,4,12-13H2,1-3H3,(H,21,22). The lowest BCUT2D eigenvalue weighted by Crippen LogP contribution is -2.22. The number of hydrogen-bond donors (Lipinski definition) is 1. The molecule has 0 fully saturated rings. The number of benzene rings is 2. The number of rotatable bonds is 8. The van der Waals surface area contributed by atoms with E-state index in [4.69, 9.17) is 9.47 Å². The summed E-state index contributed by atoms with van der Waals surface area (Å²) in [7, 11) is 0. The Labute approximate surface area is 158 Å². The summed E-state index contributed by atoms with van der Waals surface area (Å²) in [6.07, 6.45) is 0. The van der Waals surface area contributed by atoms with Crippen LogP contribution in [-0.2, 0) is 19.1 Å². The van der Waals surface area contributed by atoms with Crippen LogP contribution in [0.4, 0.5) is 5.69 Å². The van der Waals surface area contributed by atoms with E-state index in [1.165, 1.54) is 16.0 Å². The molecule has 0 spiro atoms. The topological polar surface area (TPSA) is 64.6 Å². The van der Waals surface area contributed by atoms with Crippen LogP contribution in [0.1, 0.15) is 18.1 Å². The highest BCUT2D eigenvalue weighted by atomic mass is 32.2. The molecule has 0 heterocycles. The molecule has 0 aliphatic carbocycles. The molecule has 0 saturated heterocycles. The minimum atomic E-state index is -0.554. The third kappa shape index (κ3) is 6.54. The van der Waals surface area contributed by atoms with Gasteiger partial charge in [0.15, 0.2) is 6.61 Å². The van der Waals surface area contributed by atoms with Gasteiger partial charge in [0.05, 0.1) is 0 Å². The van der Waals surface area contributed by atoms with Crippen molar-refractivity contribution in [1.29, 1.82) is 0 Å². The SMILES string of the molecule is CCOCC(=O)OCC(=O)Nc1ccc(Sc2ccc(C)c(C)c2)cc1. The second-order valence-electron chi connectivity index (χ2n) is 5.72. The Hall–Kier alpha value is -2.31. The molecule has 0 unspecified atom stereocenters. The van der Waals surface area contributed by atoms with E-state index in [0.717, 1.165) is 4.90 Å². The van der Waals surface area contributed by atoms with Gasteiger partial charge in [0.2, 0.25) is 0 Å². The van der Waals surface area contributed by atoms with Crippen molar-refractivity contribution in [3.8, 4) is 0 Å². The Morgan fingerprint density at radius 2 is 1.65 bits per heavy atom. The second kappa shape index (κ2) is 9.99. The summed E-state index contributed by atoms with van der Waals surface area (Å²) < 4.78 is 9.73. The Bertz CT molecular complexity index is 759. The van der Waals surface area contributed by atoms with Gasteiger partial charge < -0.3 is 14.8 Å². The number of hydrogen-bond acceptors (Lipinski definition) is 5. The van der Waals surface area contributed by atoms with Gasteiger partial charge in [0, 0.05) is 22.1 Å². The molecule has 6 heteroatoms. The smallest absolute Gasteiger partial charge is 0.332 e. The van der Waals surface area contributed by atoms with Crippen LogP contribution in [-0.4, -0.2) is 31.7 Å². The Balaban J connectivity index is 1.83. The van der Waals surface area contributed by atoms with Gasteiger partial charge in [0.1, 0.15) is 6.61 Å². The van der Waals surface area contributed by atoms with Crippen LogP contribution >= 0.6 is 11.8 Å². The normalized spacial score (nSPS) is 10.4. The maximum absolute atomic E-state index is 11.8. The fourth-order valence-electron chi connectivity index (χ4n) is 2.09. The fourth-order valence-corrected chi connectivity index (χ4v) is 3.01. The van der Waals surface area contributed by atoms with Crippen LogP contribution in [0.5, 0.6) is 0 Å². The molecule has 0 aromatic heterocycles. The van der Waals surface area contributed by atoms with Gasteiger partial charge in [-0.2, -0.15) is 0 Å². The van der Waals surface area contributed by atoms with E-state index >= 15 is 0 Å². The van der Waals surface area contributed by atoms with Gasteiger partial charge in [-0.05, 0) is 68.3 Å². The maximum atomic E-state index is 11.8. The van der Waals surface area contributed by atoms with Crippen molar-refractivity contribution >= 4 is 29.3 Å². The average molecular weight is 373 g/mol. The lowest BCUT2D eigenvalue weighted by Gasteiger charge is -2.08. The summed E-state index contributed by atoms with van der Waals surface area (Å²) in [5.74, 6) is -0.938. The summed E-state index contributed by atoms with van der Waals surface area (Å²) in [5, 5.41) is 2.69. The van der Waals surface area contributed by atoms with Crippen LogP contribution in [0.25, 0.3) is 0 Å². The molecule has 26 heavy (non-hydrogen) atoms. The number of carbonyl (C=O) groups excluding carboxylic acids is 2. The minimum absolute atomic E-state index is 0.145. The van der Waals surface area contributed by atoms with Crippen molar-refractivity contribution in [1.82, 2.24) is 0 Å². The quantitative estimate of drug-likeness (QED) is 0.709. The molecule has 0 bridgehead atoms. The number of aryl methyl sites for hydroxylation is 2. The number of carbonyl (C=O) groups is 2. The van der Waals surface area contributed by atoms with Crippen LogP contribution < -0.4 is 5.32 Å². The molecule has 5 nitrogen and oxygen atoms in total. The number of ether oxygens (including phenoxy) is 2. The predicted molar refractivity (Wildman–Crippen MR) is 103 cm³/mol. The minimum Gasteiger partial charge on any atom is -0.454 e. The predicted octanol–water partition coefficient (Wildman–Crippen LogP) is 3.97. The molecule has 2 rings (SSSR count). The van der Waals surface area contributed by atoms with Gasteiger partial charge in [-0.3, -0.25) is 4.79 Å². The summed E-state index contributed by atoms with van der Waals surface area (Å²) in [6, 6.07) is 13.9. The second-order valence-corrected chi connectivity index (χ2v) is 6.87. The van der Waals surface area contributed by atoms with E-state index in [2.05, 4.69) is 37.4 Å².